The van der Waals surface area contributed by atoms with E-state index in [9.17, 15) is 4.79 Å². The van der Waals surface area contributed by atoms with E-state index in [2.05, 4.69) is 12.7 Å². The maximum atomic E-state index is 10.9. The lowest BCUT2D eigenvalue weighted by molar-refractivity contribution is -0.113. The lowest BCUT2D eigenvalue weighted by Crippen LogP contribution is -2.03. The third kappa shape index (κ3) is 4.49. The van der Waals surface area contributed by atoms with Gasteiger partial charge in [-0.1, -0.05) is 12.2 Å². The molecule has 0 heterocycles. The molecule has 0 amide bonds. The number of carbonyl (C=O) groups is 1. The summed E-state index contributed by atoms with van der Waals surface area (Å²) in [5.41, 5.74) is 0. The second-order valence-electron chi connectivity index (χ2n) is 3.46. The second kappa shape index (κ2) is 7.07. The Balaban J connectivity index is 2.32. The minimum absolute atomic E-state index is 0.336. The average Bonchev–Trinajstić information content (AvgIpc) is 2.30. The van der Waals surface area contributed by atoms with Gasteiger partial charge in [-0.25, -0.2) is 0 Å². The van der Waals surface area contributed by atoms with E-state index in [1.807, 2.05) is 12.2 Å². The van der Waals surface area contributed by atoms with Crippen LogP contribution in [0.5, 0.6) is 0 Å². The normalized spacial score (nSPS) is 16.9. The molecule has 1 atom stereocenters. The van der Waals surface area contributed by atoms with Gasteiger partial charge in [0.05, 0.1) is 12.2 Å². The summed E-state index contributed by atoms with van der Waals surface area (Å²) in [7, 11) is 0. The highest BCUT2D eigenvalue weighted by Crippen LogP contribution is 2.13. The van der Waals surface area contributed by atoms with Crippen LogP contribution in [-0.4, -0.2) is 5.24 Å². The van der Waals surface area contributed by atoms with Crippen LogP contribution in [-0.2, 0) is 9.53 Å². The van der Waals surface area contributed by atoms with E-state index < -0.39 is 5.24 Å². The lowest BCUT2D eigenvalue weighted by Gasteiger charge is -2.05. The number of rotatable bonds is 6. The highest BCUT2D eigenvalue weighted by Gasteiger charge is 2.09. The monoisotopic (exact) mass is 238 g/mol. The molecule has 1 aliphatic rings. The van der Waals surface area contributed by atoms with Crippen LogP contribution in [0.1, 0.15) is 19.3 Å². The number of ether oxygens (including phenoxy) is 1. The van der Waals surface area contributed by atoms with Gasteiger partial charge in [0.1, 0.15) is 5.76 Å². The van der Waals surface area contributed by atoms with E-state index in [-0.39, 0.29) is 5.92 Å². The molecule has 0 radical (unpaired) electrons. The first-order valence-corrected chi connectivity index (χ1v) is 5.62. The van der Waals surface area contributed by atoms with Crippen molar-refractivity contribution in [1.29, 1.82) is 0 Å². The van der Waals surface area contributed by atoms with E-state index in [0.29, 0.717) is 6.42 Å². The van der Waals surface area contributed by atoms with Crippen molar-refractivity contribution < 1.29 is 9.53 Å². The van der Waals surface area contributed by atoms with Gasteiger partial charge in [0, 0.05) is 0 Å². The molecule has 2 nitrogen and oxygen atoms in total. The zero-order valence-corrected chi connectivity index (χ0v) is 9.82. The second-order valence-corrected chi connectivity index (χ2v) is 3.83. The van der Waals surface area contributed by atoms with Crippen molar-refractivity contribution in [1.82, 2.24) is 0 Å². The SMILES string of the molecule is C=CC(C/C=C/OC1=CCCC=C1)C(=O)Cl. The van der Waals surface area contributed by atoms with Crippen molar-refractivity contribution in [2.75, 3.05) is 0 Å². The summed E-state index contributed by atoms with van der Waals surface area (Å²) in [6.45, 7) is 3.55. The van der Waals surface area contributed by atoms with Gasteiger partial charge in [0.2, 0.25) is 5.24 Å². The molecule has 86 valence electrons. The summed E-state index contributed by atoms with van der Waals surface area (Å²) < 4.78 is 5.36. The molecule has 0 fully saturated rings. The molecule has 1 aliphatic carbocycles. The molecule has 0 aromatic rings. The zero-order chi connectivity index (χ0) is 11.8. The van der Waals surface area contributed by atoms with Crippen LogP contribution in [0.4, 0.5) is 0 Å². The first-order chi connectivity index (χ1) is 7.74. The van der Waals surface area contributed by atoms with Gasteiger partial charge >= 0.3 is 0 Å². The number of hydrogen-bond acceptors (Lipinski definition) is 2. The topological polar surface area (TPSA) is 26.3 Å². The third-order valence-corrected chi connectivity index (χ3v) is 2.51. The van der Waals surface area contributed by atoms with Crippen molar-refractivity contribution in [2.45, 2.75) is 19.3 Å². The van der Waals surface area contributed by atoms with Gasteiger partial charge in [-0.2, -0.15) is 0 Å². The maximum Gasteiger partial charge on any atom is 0.228 e. The van der Waals surface area contributed by atoms with Crippen molar-refractivity contribution in [3.8, 4) is 0 Å². The molecule has 0 saturated heterocycles. The Morgan fingerprint density at radius 1 is 1.62 bits per heavy atom. The fraction of sp³-hybridized carbons (Fsp3) is 0.308. The zero-order valence-electron chi connectivity index (χ0n) is 9.06. The first-order valence-electron chi connectivity index (χ1n) is 5.24. The van der Waals surface area contributed by atoms with Gasteiger partial charge in [0.25, 0.3) is 0 Å². The Kier molecular flexibility index (Phi) is 5.65. The van der Waals surface area contributed by atoms with Crippen LogP contribution < -0.4 is 0 Å². The smallest absolute Gasteiger partial charge is 0.228 e. The molecule has 0 aliphatic heterocycles. The summed E-state index contributed by atoms with van der Waals surface area (Å²) in [5.74, 6) is 0.507. The Labute approximate surface area is 101 Å². The largest absolute Gasteiger partial charge is 0.466 e. The predicted molar refractivity (Wildman–Crippen MR) is 65.8 cm³/mol. The molecule has 0 spiro atoms. The Bertz CT molecular complexity index is 340. The van der Waals surface area contributed by atoms with Crippen LogP contribution in [0, 0.1) is 5.92 Å². The summed E-state index contributed by atoms with van der Waals surface area (Å²) in [6, 6.07) is 0. The highest BCUT2D eigenvalue weighted by atomic mass is 35.5. The van der Waals surface area contributed by atoms with E-state index in [1.54, 1.807) is 18.4 Å². The molecule has 0 N–H and O–H groups in total. The Morgan fingerprint density at radius 2 is 2.44 bits per heavy atom. The fourth-order valence-electron chi connectivity index (χ4n) is 1.29. The van der Waals surface area contributed by atoms with Gasteiger partial charge in [0.15, 0.2) is 0 Å². The summed E-state index contributed by atoms with van der Waals surface area (Å²) >= 11 is 5.36. The minimum atomic E-state index is -0.392. The molecule has 16 heavy (non-hydrogen) atoms. The van der Waals surface area contributed by atoms with E-state index in [1.165, 1.54) is 0 Å². The quantitative estimate of drug-likeness (QED) is 0.401. The van der Waals surface area contributed by atoms with Crippen LogP contribution in [0.25, 0.3) is 0 Å². The van der Waals surface area contributed by atoms with Gasteiger partial charge in [-0.05, 0) is 49.1 Å². The molecule has 3 heteroatoms. The van der Waals surface area contributed by atoms with Crippen molar-refractivity contribution in [3.05, 3.63) is 49.0 Å². The molecular weight excluding hydrogens is 224 g/mol. The molecule has 0 bridgehead atoms. The van der Waals surface area contributed by atoms with Crippen LogP contribution >= 0.6 is 11.6 Å². The van der Waals surface area contributed by atoms with Crippen LogP contribution in [0.15, 0.2) is 49.0 Å². The number of hydrogen-bond donors (Lipinski definition) is 0. The van der Waals surface area contributed by atoms with Crippen LogP contribution in [0.3, 0.4) is 0 Å². The number of carbonyl (C=O) groups excluding carboxylic acids is 1. The molecule has 0 saturated carbocycles. The summed E-state index contributed by atoms with van der Waals surface area (Å²) in [4.78, 5) is 10.9. The van der Waals surface area contributed by atoms with E-state index in [4.69, 9.17) is 16.3 Å². The van der Waals surface area contributed by atoms with Crippen LogP contribution in [0.2, 0.25) is 0 Å². The number of allylic oxidation sites excluding steroid dienone is 5. The minimum Gasteiger partial charge on any atom is -0.466 e. The first kappa shape index (κ1) is 12.8. The maximum absolute atomic E-state index is 10.9. The molecular formula is C13H15ClO2. The Hall–Kier alpha value is -1.28. The van der Waals surface area contributed by atoms with Gasteiger partial charge < -0.3 is 4.74 Å². The van der Waals surface area contributed by atoms with Crippen molar-refractivity contribution in [2.24, 2.45) is 5.92 Å². The molecule has 0 aromatic carbocycles. The predicted octanol–water partition coefficient (Wildman–Crippen LogP) is 3.71. The van der Waals surface area contributed by atoms with Gasteiger partial charge in [-0.15, -0.1) is 6.58 Å². The lowest BCUT2D eigenvalue weighted by atomic mass is 10.1. The molecule has 1 rings (SSSR count). The molecule has 0 aromatic heterocycles. The summed E-state index contributed by atoms with van der Waals surface area (Å²) in [5, 5.41) is -0.392. The Morgan fingerprint density at radius 3 is 3.00 bits per heavy atom. The standard InChI is InChI=1S/C13H15ClO2/c1-2-11(13(14)15)7-6-10-16-12-8-4-3-5-9-12/h2,4,6,8-11H,1,3,5,7H2/b10-6+. The fourth-order valence-corrected chi connectivity index (χ4v) is 1.47. The molecule has 1 unspecified atom stereocenters. The van der Waals surface area contributed by atoms with Gasteiger partial charge in [-0.3, -0.25) is 4.79 Å². The summed E-state index contributed by atoms with van der Waals surface area (Å²) in [6.07, 6.45) is 13.5. The van der Waals surface area contributed by atoms with E-state index in [0.717, 1.165) is 18.6 Å². The van der Waals surface area contributed by atoms with Crippen molar-refractivity contribution >= 4 is 16.8 Å². The third-order valence-electron chi connectivity index (χ3n) is 2.23. The average molecular weight is 239 g/mol. The highest BCUT2D eigenvalue weighted by molar-refractivity contribution is 6.64. The van der Waals surface area contributed by atoms with Crippen molar-refractivity contribution in [3.63, 3.8) is 0 Å². The number of halogens is 1. The van der Waals surface area contributed by atoms with E-state index >= 15 is 0 Å².